The van der Waals surface area contributed by atoms with Gasteiger partial charge in [0.05, 0.1) is 12.8 Å². The van der Waals surface area contributed by atoms with Gasteiger partial charge in [0, 0.05) is 13.7 Å². The van der Waals surface area contributed by atoms with Crippen LogP contribution in [0.3, 0.4) is 0 Å². The molecule has 0 amide bonds. The normalized spacial score (nSPS) is 11.5. The third-order valence-corrected chi connectivity index (χ3v) is 3.06. The van der Waals surface area contributed by atoms with E-state index in [0.29, 0.717) is 6.61 Å². The van der Waals surface area contributed by atoms with Crippen LogP contribution in [0.15, 0.2) is 11.2 Å². The number of rotatable bonds is 6. The number of hydrogen-bond acceptors (Lipinski definition) is 6. The van der Waals surface area contributed by atoms with Crippen LogP contribution in [0.1, 0.15) is 17.3 Å². The van der Waals surface area contributed by atoms with Crippen molar-refractivity contribution in [1.29, 1.82) is 0 Å². The predicted molar refractivity (Wildman–Crippen MR) is 61.4 cm³/mol. The van der Waals surface area contributed by atoms with E-state index in [1.807, 2.05) is 6.92 Å². The van der Waals surface area contributed by atoms with Crippen molar-refractivity contribution < 1.29 is 22.7 Å². The van der Waals surface area contributed by atoms with E-state index in [1.165, 1.54) is 7.05 Å². The minimum atomic E-state index is -4.03. The lowest BCUT2D eigenvalue weighted by atomic mass is 10.4. The van der Waals surface area contributed by atoms with Gasteiger partial charge >= 0.3 is 5.97 Å². The van der Waals surface area contributed by atoms with E-state index < -0.39 is 16.0 Å². The van der Waals surface area contributed by atoms with Gasteiger partial charge < -0.3 is 9.47 Å². The van der Waals surface area contributed by atoms with Crippen LogP contribution in [0.4, 0.5) is 0 Å². The van der Waals surface area contributed by atoms with Crippen molar-refractivity contribution >= 4 is 16.0 Å². The number of carbonyl (C=O) groups is 1. The molecule has 0 aliphatic heterocycles. The monoisotopic (exact) mass is 277 g/mol. The standard InChI is InChI=1S/C9H15N3O5S/c1-3-16-4-5-17-9(13)7-6-11-12(2)8(7)18(10,14)15/h6H,3-5H2,1-2H3,(H2,10,14,15). The molecule has 0 radical (unpaired) electrons. The predicted octanol–water partition coefficient (Wildman–Crippen LogP) is -0.739. The Bertz CT molecular complexity index is 522. The van der Waals surface area contributed by atoms with Gasteiger partial charge in [-0.1, -0.05) is 0 Å². The SMILES string of the molecule is CCOCCOC(=O)c1cnn(C)c1S(N)(=O)=O. The first-order valence-corrected chi connectivity index (χ1v) is 6.72. The summed E-state index contributed by atoms with van der Waals surface area (Å²) in [4.78, 5) is 11.6. The number of carbonyl (C=O) groups excluding carboxylic acids is 1. The molecule has 0 saturated carbocycles. The molecule has 0 fully saturated rings. The Morgan fingerprint density at radius 3 is 2.72 bits per heavy atom. The summed E-state index contributed by atoms with van der Waals surface area (Å²) in [6.45, 7) is 2.59. The summed E-state index contributed by atoms with van der Waals surface area (Å²) in [5.41, 5.74) is -0.184. The van der Waals surface area contributed by atoms with Crippen molar-refractivity contribution in [2.75, 3.05) is 19.8 Å². The van der Waals surface area contributed by atoms with E-state index in [2.05, 4.69) is 5.10 Å². The van der Waals surface area contributed by atoms with Crippen molar-refractivity contribution in [2.24, 2.45) is 12.2 Å². The minimum absolute atomic E-state index is 0.0334. The van der Waals surface area contributed by atoms with Gasteiger partial charge in [-0.25, -0.2) is 18.4 Å². The molecule has 102 valence electrons. The molecule has 1 aromatic rings. The second kappa shape index (κ2) is 5.94. The molecule has 8 nitrogen and oxygen atoms in total. The zero-order chi connectivity index (χ0) is 13.8. The van der Waals surface area contributed by atoms with Gasteiger partial charge in [0.2, 0.25) is 0 Å². The molecule has 0 bridgehead atoms. The highest BCUT2D eigenvalue weighted by atomic mass is 32.2. The Hall–Kier alpha value is -1.45. The molecular weight excluding hydrogens is 262 g/mol. The average Bonchev–Trinajstić information content (AvgIpc) is 2.66. The molecule has 2 N–H and O–H groups in total. The largest absolute Gasteiger partial charge is 0.460 e. The van der Waals surface area contributed by atoms with E-state index in [4.69, 9.17) is 14.6 Å². The van der Waals surface area contributed by atoms with Crippen LogP contribution in [-0.4, -0.2) is 44.0 Å². The topological polar surface area (TPSA) is 114 Å². The second-order valence-corrected chi connectivity index (χ2v) is 4.84. The molecule has 0 atom stereocenters. The number of esters is 1. The first-order valence-electron chi connectivity index (χ1n) is 5.17. The Balaban J connectivity index is 2.81. The van der Waals surface area contributed by atoms with E-state index in [9.17, 15) is 13.2 Å². The number of nitrogens with zero attached hydrogens (tertiary/aromatic N) is 2. The molecule has 0 spiro atoms. The summed E-state index contributed by atoms with van der Waals surface area (Å²) in [6, 6.07) is 0. The number of primary sulfonamides is 1. The van der Waals surface area contributed by atoms with Gasteiger partial charge in [0.15, 0.2) is 5.03 Å². The summed E-state index contributed by atoms with van der Waals surface area (Å²) in [5.74, 6) is -0.799. The lowest BCUT2D eigenvalue weighted by molar-refractivity contribution is 0.0331. The van der Waals surface area contributed by atoms with Gasteiger partial charge in [0.1, 0.15) is 12.2 Å². The van der Waals surface area contributed by atoms with Gasteiger partial charge in [0.25, 0.3) is 10.0 Å². The summed E-state index contributed by atoms with van der Waals surface area (Å²) in [5, 5.41) is 8.30. The van der Waals surface area contributed by atoms with Crippen molar-refractivity contribution in [3.8, 4) is 0 Å². The number of nitrogens with two attached hydrogens (primary N) is 1. The van der Waals surface area contributed by atoms with Crippen LogP contribution in [0.5, 0.6) is 0 Å². The summed E-state index contributed by atoms with van der Waals surface area (Å²) >= 11 is 0. The number of aryl methyl sites for hydroxylation is 1. The fraction of sp³-hybridized carbons (Fsp3) is 0.556. The minimum Gasteiger partial charge on any atom is -0.460 e. The lowest BCUT2D eigenvalue weighted by Crippen LogP contribution is -2.20. The maximum atomic E-state index is 11.6. The first kappa shape index (κ1) is 14.6. The molecule has 0 aliphatic rings. The van der Waals surface area contributed by atoms with Crippen molar-refractivity contribution in [1.82, 2.24) is 9.78 Å². The fourth-order valence-electron chi connectivity index (χ4n) is 1.32. The fourth-order valence-corrected chi connectivity index (χ4v) is 2.18. The van der Waals surface area contributed by atoms with Crippen LogP contribution in [0, 0.1) is 0 Å². The zero-order valence-corrected chi connectivity index (χ0v) is 10.9. The summed E-state index contributed by atoms with van der Waals surface area (Å²) in [7, 11) is -2.66. The Kier molecular flexibility index (Phi) is 4.82. The summed E-state index contributed by atoms with van der Waals surface area (Å²) < 4.78 is 33.4. The van der Waals surface area contributed by atoms with Crippen LogP contribution in [-0.2, 0) is 26.5 Å². The van der Waals surface area contributed by atoms with Crippen LogP contribution < -0.4 is 5.14 Å². The third-order valence-electron chi connectivity index (χ3n) is 2.04. The number of ether oxygens (including phenoxy) is 2. The number of hydrogen-bond donors (Lipinski definition) is 1. The Morgan fingerprint density at radius 1 is 1.50 bits per heavy atom. The number of sulfonamides is 1. The van der Waals surface area contributed by atoms with Gasteiger partial charge in [-0.05, 0) is 6.92 Å². The smallest absolute Gasteiger partial charge is 0.342 e. The molecule has 0 saturated heterocycles. The van der Waals surface area contributed by atoms with Crippen LogP contribution >= 0.6 is 0 Å². The first-order chi connectivity index (χ1) is 8.38. The average molecular weight is 277 g/mol. The van der Waals surface area contributed by atoms with Gasteiger partial charge in [-0.15, -0.1) is 0 Å². The maximum Gasteiger partial charge on any atom is 0.342 e. The molecule has 0 aromatic carbocycles. The second-order valence-electron chi connectivity index (χ2n) is 3.36. The molecule has 0 unspecified atom stereocenters. The molecule has 1 heterocycles. The van der Waals surface area contributed by atoms with Crippen molar-refractivity contribution in [3.63, 3.8) is 0 Å². The summed E-state index contributed by atoms with van der Waals surface area (Å²) in [6.07, 6.45) is 1.10. The highest BCUT2D eigenvalue weighted by Gasteiger charge is 2.25. The van der Waals surface area contributed by atoms with Gasteiger partial charge in [-0.3, -0.25) is 4.68 Å². The number of aromatic nitrogens is 2. The van der Waals surface area contributed by atoms with E-state index in [1.54, 1.807) is 0 Å². The van der Waals surface area contributed by atoms with E-state index in [0.717, 1.165) is 10.9 Å². The molecular formula is C9H15N3O5S. The lowest BCUT2D eigenvalue weighted by Gasteiger charge is -2.05. The van der Waals surface area contributed by atoms with Crippen molar-refractivity contribution in [3.05, 3.63) is 11.8 Å². The maximum absolute atomic E-state index is 11.6. The molecule has 18 heavy (non-hydrogen) atoms. The van der Waals surface area contributed by atoms with Crippen LogP contribution in [0.25, 0.3) is 0 Å². The van der Waals surface area contributed by atoms with Crippen LogP contribution in [0.2, 0.25) is 0 Å². The molecule has 0 aliphatic carbocycles. The van der Waals surface area contributed by atoms with Crippen molar-refractivity contribution in [2.45, 2.75) is 11.9 Å². The van der Waals surface area contributed by atoms with E-state index >= 15 is 0 Å². The molecule has 1 aromatic heterocycles. The highest BCUT2D eigenvalue weighted by molar-refractivity contribution is 7.89. The quantitative estimate of drug-likeness (QED) is 0.541. The van der Waals surface area contributed by atoms with E-state index in [-0.39, 0.29) is 23.8 Å². The zero-order valence-electron chi connectivity index (χ0n) is 10.1. The molecule has 9 heteroatoms. The Labute approximate surface area is 105 Å². The third kappa shape index (κ3) is 3.52. The van der Waals surface area contributed by atoms with Gasteiger partial charge in [-0.2, -0.15) is 5.10 Å². The highest BCUT2D eigenvalue weighted by Crippen LogP contribution is 2.13. The molecule has 1 rings (SSSR count). The Morgan fingerprint density at radius 2 is 2.17 bits per heavy atom.